The summed E-state index contributed by atoms with van der Waals surface area (Å²) < 4.78 is 4.94. The minimum absolute atomic E-state index is 0.0159. The number of carbonyl (C=O) groups excluding carboxylic acids is 3. The molecule has 0 unspecified atom stereocenters. The van der Waals surface area contributed by atoms with Crippen LogP contribution in [0.25, 0.3) is 0 Å². The minimum atomic E-state index is -0.531. The normalized spacial score (nSPS) is 13.2. The van der Waals surface area contributed by atoms with Crippen molar-refractivity contribution in [2.45, 2.75) is 37.9 Å². The van der Waals surface area contributed by atoms with E-state index in [0.717, 1.165) is 36.0 Å². The summed E-state index contributed by atoms with van der Waals surface area (Å²) in [5, 5.41) is 3.29. The number of nitrogens with one attached hydrogen (secondary N) is 1. The molecule has 1 aromatic heterocycles. The Hall–Kier alpha value is -2.16. The molecule has 0 radical (unpaired) electrons. The zero-order chi connectivity index (χ0) is 18.4. The van der Waals surface area contributed by atoms with Gasteiger partial charge < -0.3 is 15.0 Å². The van der Waals surface area contributed by atoms with Crippen molar-refractivity contribution in [3.8, 4) is 0 Å². The Kier molecular flexibility index (Phi) is 6.74. The number of aryl methyl sites for hydroxylation is 2. The van der Waals surface area contributed by atoms with Gasteiger partial charge in [-0.3, -0.25) is 14.4 Å². The van der Waals surface area contributed by atoms with Gasteiger partial charge in [-0.2, -0.15) is 0 Å². The van der Waals surface area contributed by atoms with E-state index in [-0.39, 0.29) is 30.9 Å². The molecule has 9 heteroatoms. The Morgan fingerprint density at radius 1 is 1.28 bits per heavy atom. The van der Waals surface area contributed by atoms with Crippen molar-refractivity contribution >= 4 is 29.5 Å². The lowest BCUT2D eigenvalue weighted by molar-refractivity contribution is -0.149. The fraction of sp³-hybridized carbons (Fsp3) is 0.562. The predicted molar refractivity (Wildman–Crippen MR) is 92.0 cm³/mol. The number of aromatic nitrogens is 2. The molecule has 1 saturated carbocycles. The van der Waals surface area contributed by atoms with Gasteiger partial charge in [-0.15, -0.1) is 0 Å². The van der Waals surface area contributed by atoms with Crippen molar-refractivity contribution in [1.82, 2.24) is 20.2 Å². The average molecular weight is 366 g/mol. The maximum absolute atomic E-state index is 11.9. The summed E-state index contributed by atoms with van der Waals surface area (Å²) in [5.74, 6) is -1.14. The molecule has 0 atom stereocenters. The van der Waals surface area contributed by atoms with Crippen LogP contribution >= 0.6 is 11.8 Å². The predicted octanol–water partition coefficient (Wildman–Crippen LogP) is 0.466. The van der Waals surface area contributed by atoms with Crippen LogP contribution in [0, 0.1) is 13.8 Å². The third-order valence-corrected chi connectivity index (χ3v) is 4.21. The van der Waals surface area contributed by atoms with Crippen molar-refractivity contribution in [3.05, 3.63) is 17.5 Å². The minimum Gasteiger partial charge on any atom is -0.455 e. The molecule has 1 aliphatic carbocycles. The van der Waals surface area contributed by atoms with Crippen LogP contribution in [0.5, 0.6) is 0 Å². The Bertz CT molecular complexity index is 643. The molecule has 1 heterocycles. The molecule has 2 amide bonds. The van der Waals surface area contributed by atoms with E-state index in [1.54, 1.807) is 0 Å². The highest BCUT2D eigenvalue weighted by molar-refractivity contribution is 7.99. The van der Waals surface area contributed by atoms with E-state index in [9.17, 15) is 14.4 Å². The van der Waals surface area contributed by atoms with Crippen LogP contribution in [0.3, 0.4) is 0 Å². The van der Waals surface area contributed by atoms with Crippen LogP contribution in [0.4, 0.5) is 0 Å². The van der Waals surface area contributed by atoms with Crippen LogP contribution in [-0.2, 0) is 19.1 Å². The lowest BCUT2D eigenvalue weighted by Gasteiger charge is -2.16. The topological polar surface area (TPSA) is 101 Å². The largest absolute Gasteiger partial charge is 0.455 e. The maximum atomic E-state index is 11.9. The van der Waals surface area contributed by atoms with Gasteiger partial charge >= 0.3 is 5.97 Å². The second-order valence-corrected chi connectivity index (χ2v) is 6.92. The second-order valence-electron chi connectivity index (χ2n) is 5.97. The van der Waals surface area contributed by atoms with Crippen LogP contribution in [0.2, 0.25) is 0 Å². The number of carbonyl (C=O) groups is 3. The number of rotatable bonds is 8. The molecule has 0 spiro atoms. The van der Waals surface area contributed by atoms with Crippen molar-refractivity contribution in [2.24, 2.45) is 0 Å². The van der Waals surface area contributed by atoms with E-state index in [2.05, 4.69) is 15.3 Å². The fourth-order valence-corrected chi connectivity index (χ4v) is 2.73. The summed E-state index contributed by atoms with van der Waals surface area (Å²) in [4.78, 5) is 44.9. The van der Waals surface area contributed by atoms with Gasteiger partial charge in [0, 0.05) is 24.5 Å². The molecular weight excluding hydrogens is 344 g/mol. The lowest BCUT2D eigenvalue weighted by Crippen LogP contribution is -2.40. The standard InChI is InChI=1S/C16H22N4O4S/c1-10-6-11(2)18-16(17-10)25-9-15(23)24-8-14(22)20(3)7-13(21)19-12-4-5-12/h6,12H,4-5,7-9H2,1-3H3,(H,19,21). The quantitative estimate of drug-likeness (QED) is 0.405. The molecule has 0 bridgehead atoms. The van der Waals surface area contributed by atoms with Gasteiger partial charge in [0.05, 0.1) is 12.3 Å². The van der Waals surface area contributed by atoms with E-state index in [4.69, 9.17) is 4.74 Å². The third kappa shape index (κ3) is 7.08. The molecule has 0 aromatic carbocycles. The summed E-state index contributed by atoms with van der Waals surface area (Å²) in [6.45, 7) is 3.27. The Morgan fingerprint density at radius 3 is 2.52 bits per heavy atom. The van der Waals surface area contributed by atoms with Crippen LogP contribution < -0.4 is 5.32 Å². The fourth-order valence-electron chi connectivity index (χ4n) is 1.98. The maximum Gasteiger partial charge on any atom is 0.316 e. The van der Waals surface area contributed by atoms with E-state index in [1.807, 2.05) is 19.9 Å². The molecule has 1 N–H and O–H groups in total. The molecule has 0 aliphatic heterocycles. The Morgan fingerprint density at radius 2 is 1.92 bits per heavy atom. The van der Waals surface area contributed by atoms with Gasteiger partial charge in [0.1, 0.15) is 0 Å². The number of hydrogen-bond donors (Lipinski definition) is 1. The smallest absolute Gasteiger partial charge is 0.316 e. The summed E-state index contributed by atoms with van der Waals surface area (Å²) in [7, 11) is 1.50. The van der Waals surface area contributed by atoms with Crippen molar-refractivity contribution < 1.29 is 19.1 Å². The first-order valence-electron chi connectivity index (χ1n) is 7.97. The number of likely N-dealkylation sites (N-methyl/N-ethyl adjacent to an activating group) is 1. The van der Waals surface area contributed by atoms with Crippen molar-refractivity contribution in [1.29, 1.82) is 0 Å². The first-order valence-corrected chi connectivity index (χ1v) is 8.96. The Balaban J connectivity index is 1.67. The van der Waals surface area contributed by atoms with Crippen molar-refractivity contribution in [2.75, 3.05) is 26.0 Å². The van der Waals surface area contributed by atoms with E-state index in [1.165, 1.54) is 11.9 Å². The number of thioether (sulfide) groups is 1. The number of amides is 2. The van der Waals surface area contributed by atoms with E-state index >= 15 is 0 Å². The molecule has 136 valence electrons. The monoisotopic (exact) mass is 366 g/mol. The van der Waals surface area contributed by atoms with E-state index < -0.39 is 11.9 Å². The molecule has 1 aromatic rings. The second kappa shape index (κ2) is 8.80. The molecular formula is C16H22N4O4S. The van der Waals surface area contributed by atoms with Gasteiger partial charge in [0.15, 0.2) is 11.8 Å². The average Bonchev–Trinajstić information content (AvgIpc) is 3.33. The summed E-state index contributed by atoms with van der Waals surface area (Å²) >= 11 is 1.16. The van der Waals surface area contributed by atoms with Crippen molar-refractivity contribution in [3.63, 3.8) is 0 Å². The Labute approximate surface area is 150 Å². The summed E-state index contributed by atoms with van der Waals surface area (Å²) in [6, 6.07) is 2.09. The summed E-state index contributed by atoms with van der Waals surface area (Å²) in [6.07, 6.45) is 1.98. The molecule has 2 rings (SSSR count). The SMILES string of the molecule is Cc1cc(C)nc(SCC(=O)OCC(=O)N(C)CC(=O)NC2CC2)n1. The molecule has 0 saturated heterocycles. The highest BCUT2D eigenvalue weighted by Gasteiger charge is 2.24. The van der Waals surface area contributed by atoms with Gasteiger partial charge in [0.2, 0.25) is 5.91 Å². The zero-order valence-electron chi connectivity index (χ0n) is 14.6. The molecule has 1 fully saturated rings. The molecule has 8 nitrogen and oxygen atoms in total. The zero-order valence-corrected chi connectivity index (χ0v) is 15.4. The number of nitrogens with zero attached hydrogens (tertiary/aromatic N) is 3. The number of esters is 1. The third-order valence-electron chi connectivity index (χ3n) is 3.39. The van der Waals surface area contributed by atoms with Crippen LogP contribution in [-0.4, -0.2) is 64.6 Å². The first-order chi connectivity index (χ1) is 11.8. The van der Waals surface area contributed by atoms with Gasteiger partial charge in [0.25, 0.3) is 5.91 Å². The van der Waals surface area contributed by atoms with Gasteiger partial charge in [-0.05, 0) is 32.8 Å². The van der Waals surface area contributed by atoms with Gasteiger partial charge in [-0.25, -0.2) is 9.97 Å². The first kappa shape index (κ1) is 19.2. The van der Waals surface area contributed by atoms with Gasteiger partial charge in [-0.1, -0.05) is 11.8 Å². The van der Waals surface area contributed by atoms with Crippen LogP contribution in [0.15, 0.2) is 11.2 Å². The highest BCUT2D eigenvalue weighted by atomic mass is 32.2. The number of hydrogen-bond acceptors (Lipinski definition) is 7. The molecule has 1 aliphatic rings. The van der Waals surface area contributed by atoms with E-state index in [0.29, 0.717) is 5.16 Å². The highest BCUT2D eigenvalue weighted by Crippen LogP contribution is 2.18. The van der Waals surface area contributed by atoms with Crippen LogP contribution in [0.1, 0.15) is 24.2 Å². The summed E-state index contributed by atoms with van der Waals surface area (Å²) in [5.41, 5.74) is 1.65. The lowest BCUT2D eigenvalue weighted by atomic mass is 10.4. The number of ether oxygens (including phenoxy) is 1. The molecule has 25 heavy (non-hydrogen) atoms.